The van der Waals surface area contributed by atoms with Crippen LogP contribution in [-0.4, -0.2) is 20.8 Å². The van der Waals surface area contributed by atoms with E-state index < -0.39 is 0 Å². The summed E-state index contributed by atoms with van der Waals surface area (Å²) in [5, 5.41) is 8.35. The fourth-order valence-corrected chi connectivity index (χ4v) is 2.56. The number of nitrogens with zero attached hydrogens (tertiary/aromatic N) is 3. The highest BCUT2D eigenvalue weighted by Crippen LogP contribution is 2.27. The molecule has 0 unspecified atom stereocenters. The first-order chi connectivity index (χ1) is 10.7. The maximum atomic E-state index is 11.9. The number of rotatable bonds is 4. The fraction of sp³-hybridized carbons (Fsp3) is 0.167. The predicted molar refractivity (Wildman–Crippen MR) is 86.2 cm³/mol. The van der Waals surface area contributed by atoms with Gasteiger partial charge in [0.05, 0.1) is 5.69 Å². The van der Waals surface area contributed by atoms with Crippen molar-refractivity contribution in [3.63, 3.8) is 0 Å². The van der Waals surface area contributed by atoms with E-state index in [1.54, 1.807) is 4.68 Å². The molecule has 110 valence electrons. The molecule has 1 heterocycles. The van der Waals surface area contributed by atoms with Gasteiger partial charge in [0.2, 0.25) is 0 Å². The smallest absolute Gasteiger partial charge is 0.182 e. The Morgan fingerprint density at radius 1 is 1.05 bits per heavy atom. The SMILES string of the molecule is CCc1ccccc1-n1nnc(C(C)=O)c1-c1ccccc1. The topological polar surface area (TPSA) is 47.8 Å². The van der Waals surface area contributed by atoms with Gasteiger partial charge in [-0.25, -0.2) is 4.68 Å². The molecule has 2 aromatic carbocycles. The van der Waals surface area contributed by atoms with E-state index in [0.717, 1.165) is 23.4 Å². The lowest BCUT2D eigenvalue weighted by molar-refractivity contribution is 0.101. The van der Waals surface area contributed by atoms with Crippen molar-refractivity contribution < 1.29 is 4.79 Å². The van der Waals surface area contributed by atoms with Crippen LogP contribution in [0.1, 0.15) is 29.9 Å². The molecule has 0 fully saturated rings. The highest BCUT2D eigenvalue weighted by Gasteiger charge is 2.20. The van der Waals surface area contributed by atoms with E-state index in [-0.39, 0.29) is 5.78 Å². The van der Waals surface area contributed by atoms with Crippen LogP contribution in [0.25, 0.3) is 16.9 Å². The van der Waals surface area contributed by atoms with Gasteiger partial charge in [-0.2, -0.15) is 0 Å². The maximum Gasteiger partial charge on any atom is 0.182 e. The van der Waals surface area contributed by atoms with Crippen molar-refractivity contribution in [1.29, 1.82) is 0 Å². The van der Waals surface area contributed by atoms with Crippen molar-refractivity contribution in [2.45, 2.75) is 20.3 Å². The molecule has 0 amide bonds. The van der Waals surface area contributed by atoms with Crippen LogP contribution in [0.2, 0.25) is 0 Å². The monoisotopic (exact) mass is 291 g/mol. The molecule has 0 bridgehead atoms. The average Bonchev–Trinajstić information content (AvgIpc) is 3.00. The number of hydrogen-bond donors (Lipinski definition) is 0. The molecule has 4 heteroatoms. The zero-order chi connectivity index (χ0) is 15.5. The van der Waals surface area contributed by atoms with Gasteiger partial charge in [-0.05, 0) is 18.1 Å². The fourth-order valence-electron chi connectivity index (χ4n) is 2.56. The van der Waals surface area contributed by atoms with E-state index in [0.29, 0.717) is 5.69 Å². The molecule has 0 saturated carbocycles. The number of ketones is 1. The molecule has 0 saturated heterocycles. The third-order valence-electron chi connectivity index (χ3n) is 3.65. The number of hydrogen-bond acceptors (Lipinski definition) is 3. The first-order valence-corrected chi connectivity index (χ1v) is 7.32. The van der Waals surface area contributed by atoms with E-state index >= 15 is 0 Å². The first kappa shape index (κ1) is 14.2. The first-order valence-electron chi connectivity index (χ1n) is 7.32. The summed E-state index contributed by atoms with van der Waals surface area (Å²) in [6.45, 7) is 3.62. The van der Waals surface area contributed by atoms with Crippen LogP contribution in [0, 0.1) is 0 Å². The summed E-state index contributed by atoms with van der Waals surface area (Å²) in [7, 11) is 0. The van der Waals surface area contributed by atoms with E-state index in [9.17, 15) is 4.79 Å². The summed E-state index contributed by atoms with van der Waals surface area (Å²) in [5.41, 5.74) is 4.21. The molecule has 0 radical (unpaired) electrons. The summed E-state index contributed by atoms with van der Waals surface area (Å²) in [6, 6.07) is 17.8. The molecule has 0 aliphatic rings. The normalized spacial score (nSPS) is 10.6. The minimum Gasteiger partial charge on any atom is -0.293 e. The van der Waals surface area contributed by atoms with Crippen LogP contribution < -0.4 is 0 Å². The third-order valence-corrected chi connectivity index (χ3v) is 3.65. The molecule has 0 aliphatic carbocycles. The highest BCUT2D eigenvalue weighted by atomic mass is 16.1. The second kappa shape index (κ2) is 5.93. The quantitative estimate of drug-likeness (QED) is 0.689. The van der Waals surface area contributed by atoms with Crippen LogP contribution in [0.4, 0.5) is 0 Å². The van der Waals surface area contributed by atoms with E-state index in [2.05, 4.69) is 23.3 Å². The molecule has 0 N–H and O–H groups in total. The zero-order valence-corrected chi connectivity index (χ0v) is 12.7. The van der Waals surface area contributed by atoms with E-state index in [1.807, 2.05) is 48.5 Å². The third kappa shape index (κ3) is 2.44. The van der Waals surface area contributed by atoms with Gasteiger partial charge in [0, 0.05) is 12.5 Å². The molecule has 22 heavy (non-hydrogen) atoms. The number of carbonyl (C=O) groups is 1. The molecule has 0 aliphatic heterocycles. The van der Waals surface area contributed by atoms with Crippen molar-refractivity contribution in [3.8, 4) is 16.9 Å². The number of aromatic nitrogens is 3. The molecule has 0 atom stereocenters. The summed E-state index contributed by atoms with van der Waals surface area (Å²) < 4.78 is 1.77. The largest absolute Gasteiger partial charge is 0.293 e. The molecule has 4 nitrogen and oxygen atoms in total. The summed E-state index contributed by atoms with van der Waals surface area (Å²) in [6.07, 6.45) is 0.889. The van der Waals surface area contributed by atoms with Crippen molar-refractivity contribution in [3.05, 3.63) is 65.9 Å². The lowest BCUT2D eigenvalue weighted by Crippen LogP contribution is -2.04. The van der Waals surface area contributed by atoms with Crippen LogP contribution >= 0.6 is 0 Å². The van der Waals surface area contributed by atoms with Gasteiger partial charge in [0.15, 0.2) is 11.5 Å². The van der Waals surface area contributed by atoms with Crippen LogP contribution in [0.15, 0.2) is 54.6 Å². The summed E-state index contributed by atoms with van der Waals surface area (Å²) in [5.74, 6) is -0.0842. The molecule has 3 rings (SSSR count). The lowest BCUT2D eigenvalue weighted by atomic mass is 10.1. The second-order valence-electron chi connectivity index (χ2n) is 5.10. The summed E-state index contributed by atoms with van der Waals surface area (Å²) >= 11 is 0. The Labute approximate surface area is 129 Å². The number of aryl methyl sites for hydroxylation is 1. The Hall–Kier alpha value is -2.75. The molecule has 0 spiro atoms. The Morgan fingerprint density at radius 2 is 1.73 bits per heavy atom. The maximum absolute atomic E-state index is 11.9. The number of Topliss-reactive ketones (excluding diaryl/α,β-unsaturated/α-hetero) is 1. The van der Waals surface area contributed by atoms with Gasteiger partial charge < -0.3 is 0 Å². The average molecular weight is 291 g/mol. The predicted octanol–water partition coefficient (Wildman–Crippen LogP) is 3.70. The minimum absolute atomic E-state index is 0.0842. The highest BCUT2D eigenvalue weighted by molar-refractivity contribution is 5.98. The molecular formula is C18H17N3O. The van der Waals surface area contributed by atoms with E-state index in [4.69, 9.17) is 0 Å². The number of para-hydroxylation sites is 1. The van der Waals surface area contributed by atoms with Gasteiger partial charge in [-0.1, -0.05) is 60.7 Å². The lowest BCUT2D eigenvalue weighted by Gasteiger charge is -2.11. The molecule has 3 aromatic rings. The van der Waals surface area contributed by atoms with Crippen LogP contribution in [0.5, 0.6) is 0 Å². The van der Waals surface area contributed by atoms with Gasteiger partial charge in [0.1, 0.15) is 5.69 Å². The Morgan fingerprint density at radius 3 is 2.41 bits per heavy atom. The molecular weight excluding hydrogens is 274 g/mol. The van der Waals surface area contributed by atoms with Gasteiger partial charge in [-0.3, -0.25) is 4.79 Å². The Balaban J connectivity index is 2.28. The standard InChI is InChI=1S/C18H17N3O/c1-3-14-9-7-8-12-16(14)21-18(15-10-5-4-6-11-15)17(13(2)22)19-20-21/h4-12H,3H2,1-2H3. The second-order valence-corrected chi connectivity index (χ2v) is 5.10. The van der Waals surface area contributed by atoms with Crippen molar-refractivity contribution in [1.82, 2.24) is 15.0 Å². The number of benzene rings is 2. The van der Waals surface area contributed by atoms with Crippen molar-refractivity contribution in [2.75, 3.05) is 0 Å². The van der Waals surface area contributed by atoms with Crippen LogP contribution in [0.3, 0.4) is 0 Å². The van der Waals surface area contributed by atoms with E-state index in [1.165, 1.54) is 12.5 Å². The summed E-state index contributed by atoms with van der Waals surface area (Å²) in [4.78, 5) is 11.9. The Kier molecular flexibility index (Phi) is 3.83. The van der Waals surface area contributed by atoms with Crippen molar-refractivity contribution in [2.24, 2.45) is 0 Å². The Bertz CT molecular complexity index is 806. The van der Waals surface area contributed by atoms with Gasteiger partial charge >= 0.3 is 0 Å². The van der Waals surface area contributed by atoms with Gasteiger partial charge in [0.25, 0.3) is 0 Å². The zero-order valence-electron chi connectivity index (χ0n) is 12.7. The van der Waals surface area contributed by atoms with Crippen molar-refractivity contribution >= 4 is 5.78 Å². The van der Waals surface area contributed by atoms with Crippen LogP contribution in [-0.2, 0) is 6.42 Å². The number of carbonyl (C=O) groups excluding carboxylic acids is 1. The van der Waals surface area contributed by atoms with Gasteiger partial charge in [-0.15, -0.1) is 5.10 Å². The minimum atomic E-state index is -0.0842. The molecule has 1 aromatic heterocycles.